The van der Waals surface area contributed by atoms with E-state index >= 15 is 0 Å². The van der Waals surface area contributed by atoms with Gasteiger partial charge in [-0.05, 0) is 62.0 Å². The van der Waals surface area contributed by atoms with Gasteiger partial charge in [0.25, 0.3) is 0 Å². The third-order valence-electron chi connectivity index (χ3n) is 5.00. The highest BCUT2D eigenvalue weighted by atomic mass is 32.1. The highest BCUT2D eigenvalue weighted by molar-refractivity contribution is 7.12. The number of rotatable bonds is 5. The fourth-order valence-corrected chi connectivity index (χ4v) is 5.03. The van der Waals surface area contributed by atoms with Gasteiger partial charge in [0.1, 0.15) is 0 Å². The zero-order valence-electron chi connectivity index (χ0n) is 11.2. The van der Waals surface area contributed by atoms with Crippen LogP contribution in [-0.4, -0.2) is 0 Å². The molecule has 0 saturated heterocycles. The number of hydrazine groups is 1. The Morgan fingerprint density at radius 1 is 1.39 bits per heavy atom. The van der Waals surface area contributed by atoms with Gasteiger partial charge in [-0.25, -0.2) is 0 Å². The molecule has 4 unspecified atom stereocenters. The van der Waals surface area contributed by atoms with Gasteiger partial charge >= 0.3 is 0 Å². The van der Waals surface area contributed by atoms with Crippen LogP contribution in [0.5, 0.6) is 0 Å². The highest BCUT2D eigenvalue weighted by Crippen LogP contribution is 2.51. The molecule has 18 heavy (non-hydrogen) atoms. The zero-order valence-corrected chi connectivity index (χ0v) is 12.0. The van der Waals surface area contributed by atoms with Gasteiger partial charge in [-0.15, -0.1) is 11.3 Å². The van der Waals surface area contributed by atoms with Crippen LogP contribution in [0.1, 0.15) is 54.8 Å². The summed E-state index contributed by atoms with van der Waals surface area (Å²) in [6.07, 6.45) is 8.27. The fourth-order valence-electron chi connectivity index (χ4n) is 4.01. The lowest BCUT2D eigenvalue weighted by Gasteiger charge is -2.25. The molecular weight excluding hydrogens is 240 g/mol. The maximum absolute atomic E-state index is 5.79. The van der Waals surface area contributed by atoms with Crippen molar-refractivity contribution in [1.82, 2.24) is 5.43 Å². The molecule has 3 rings (SSSR count). The Kier molecular flexibility index (Phi) is 3.73. The molecule has 1 heterocycles. The highest BCUT2D eigenvalue weighted by Gasteiger charge is 2.40. The number of nitrogens with two attached hydrogens (primary N) is 1. The Morgan fingerprint density at radius 3 is 2.83 bits per heavy atom. The van der Waals surface area contributed by atoms with Crippen molar-refractivity contribution >= 4 is 11.3 Å². The Hall–Kier alpha value is -0.380. The quantitative estimate of drug-likeness (QED) is 0.629. The predicted octanol–water partition coefficient (Wildman–Crippen LogP) is 3.64. The lowest BCUT2D eigenvalue weighted by atomic mass is 9.84. The van der Waals surface area contributed by atoms with Crippen LogP contribution >= 0.6 is 11.3 Å². The Bertz CT molecular complexity index is 401. The average Bonchev–Trinajstić information content (AvgIpc) is 3.10. The summed E-state index contributed by atoms with van der Waals surface area (Å²) in [6.45, 7) is 2.22. The summed E-state index contributed by atoms with van der Waals surface area (Å²) >= 11 is 1.93. The van der Waals surface area contributed by atoms with Gasteiger partial charge in [-0.2, -0.15) is 0 Å². The van der Waals surface area contributed by atoms with Crippen molar-refractivity contribution in [3.63, 3.8) is 0 Å². The van der Waals surface area contributed by atoms with Crippen LogP contribution in [0.4, 0.5) is 0 Å². The summed E-state index contributed by atoms with van der Waals surface area (Å²) in [5.74, 6) is 8.73. The van der Waals surface area contributed by atoms with Gasteiger partial charge in [0.15, 0.2) is 0 Å². The SMILES string of the molecule is CCc1ccc(C(CC2CC3CCC2C3)NN)s1. The molecule has 1 aromatic rings. The number of thiophene rings is 1. The zero-order chi connectivity index (χ0) is 12.5. The normalized spacial score (nSPS) is 32.0. The van der Waals surface area contributed by atoms with Gasteiger partial charge in [0.05, 0.1) is 6.04 Å². The standard InChI is InChI=1S/C15H24N2S/c1-2-13-5-6-15(18-13)14(17-16)9-12-8-10-3-4-11(12)7-10/h5-6,10-12,14,17H,2-4,7-9,16H2,1H3. The molecule has 2 aliphatic rings. The summed E-state index contributed by atoms with van der Waals surface area (Å²) in [7, 11) is 0. The first-order valence-corrected chi connectivity index (χ1v) is 8.16. The van der Waals surface area contributed by atoms with E-state index in [1.165, 1.54) is 41.9 Å². The average molecular weight is 264 g/mol. The van der Waals surface area contributed by atoms with Gasteiger partial charge < -0.3 is 0 Å². The molecule has 0 amide bonds. The lowest BCUT2D eigenvalue weighted by Crippen LogP contribution is -2.30. The van der Waals surface area contributed by atoms with Crippen LogP contribution in [0.25, 0.3) is 0 Å². The van der Waals surface area contributed by atoms with Crippen LogP contribution in [-0.2, 0) is 6.42 Å². The summed E-state index contributed by atoms with van der Waals surface area (Å²) in [5, 5.41) is 0. The van der Waals surface area contributed by atoms with E-state index in [9.17, 15) is 0 Å². The molecule has 2 bridgehead atoms. The minimum Gasteiger partial charge on any atom is -0.271 e. The molecule has 0 aliphatic heterocycles. The van der Waals surface area contributed by atoms with Crippen LogP contribution in [0.3, 0.4) is 0 Å². The van der Waals surface area contributed by atoms with E-state index in [0.29, 0.717) is 6.04 Å². The largest absolute Gasteiger partial charge is 0.271 e. The molecule has 1 aromatic heterocycles. The second-order valence-corrected chi connectivity index (χ2v) is 7.25. The molecular formula is C15H24N2S. The van der Waals surface area contributed by atoms with Crippen LogP contribution in [0.15, 0.2) is 12.1 Å². The molecule has 3 heteroatoms. The molecule has 0 spiro atoms. The second kappa shape index (κ2) is 5.32. The Morgan fingerprint density at radius 2 is 2.28 bits per heavy atom. The molecule has 3 N–H and O–H groups in total. The number of nitrogens with one attached hydrogen (secondary N) is 1. The van der Waals surface area contributed by atoms with Gasteiger partial charge in [-0.1, -0.05) is 13.3 Å². The van der Waals surface area contributed by atoms with Crippen molar-refractivity contribution in [1.29, 1.82) is 0 Å². The van der Waals surface area contributed by atoms with E-state index < -0.39 is 0 Å². The minimum absolute atomic E-state index is 0.375. The van der Waals surface area contributed by atoms with Crippen molar-refractivity contribution in [2.45, 2.75) is 51.5 Å². The second-order valence-electron chi connectivity index (χ2n) is 6.05. The molecule has 4 atom stereocenters. The van der Waals surface area contributed by atoms with E-state index in [-0.39, 0.29) is 0 Å². The van der Waals surface area contributed by atoms with Gasteiger partial charge in [-0.3, -0.25) is 11.3 Å². The van der Waals surface area contributed by atoms with Crippen LogP contribution in [0, 0.1) is 17.8 Å². The summed E-state index contributed by atoms with van der Waals surface area (Å²) in [4.78, 5) is 2.90. The van der Waals surface area contributed by atoms with Gasteiger partial charge in [0.2, 0.25) is 0 Å². The topological polar surface area (TPSA) is 38.0 Å². The first-order valence-electron chi connectivity index (χ1n) is 7.34. The van der Waals surface area contributed by atoms with Crippen molar-refractivity contribution < 1.29 is 0 Å². The molecule has 2 fully saturated rings. The van der Waals surface area contributed by atoms with E-state index in [1.54, 1.807) is 0 Å². The van der Waals surface area contributed by atoms with Gasteiger partial charge in [0, 0.05) is 9.75 Å². The van der Waals surface area contributed by atoms with Crippen molar-refractivity contribution in [3.05, 3.63) is 21.9 Å². The fraction of sp³-hybridized carbons (Fsp3) is 0.733. The third-order valence-corrected chi connectivity index (χ3v) is 6.34. The number of hydrogen-bond acceptors (Lipinski definition) is 3. The summed E-state index contributed by atoms with van der Waals surface area (Å²) in [5.41, 5.74) is 3.05. The minimum atomic E-state index is 0.375. The molecule has 2 nitrogen and oxygen atoms in total. The predicted molar refractivity (Wildman–Crippen MR) is 77.3 cm³/mol. The summed E-state index contributed by atoms with van der Waals surface area (Å²) in [6, 6.07) is 4.89. The van der Waals surface area contributed by atoms with E-state index in [1.807, 2.05) is 11.3 Å². The number of hydrogen-bond donors (Lipinski definition) is 2. The van der Waals surface area contributed by atoms with E-state index in [0.717, 1.165) is 24.2 Å². The first-order chi connectivity index (χ1) is 8.80. The van der Waals surface area contributed by atoms with Crippen LogP contribution in [0.2, 0.25) is 0 Å². The van der Waals surface area contributed by atoms with Crippen molar-refractivity contribution in [2.75, 3.05) is 0 Å². The smallest absolute Gasteiger partial charge is 0.0556 e. The van der Waals surface area contributed by atoms with Crippen molar-refractivity contribution in [3.8, 4) is 0 Å². The monoisotopic (exact) mass is 264 g/mol. The first kappa shape index (κ1) is 12.6. The number of aryl methyl sites for hydroxylation is 1. The van der Waals surface area contributed by atoms with E-state index in [4.69, 9.17) is 5.84 Å². The van der Waals surface area contributed by atoms with E-state index in [2.05, 4.69) is 24.5 Å². The van der Waals surface area contributed by atoms with Crippen molar-refractivity contribution in [2.24, 2.45) is 23.6 Å². The third kappa shape index (κ3) is 2.36. The summed E-state index contributed by atoms with van der Waals surface area (Å²) < 4.78 is 0. The Labute approximate surface area is 114 Å². The maximum atomic E-state index is 5.79. The Balaban J connectivity index is 1.65. The molecule has 0 radical (unpaired) electrons. The molecule has 100 valence electrons. The molecule has 0 aromatic carbocycles. The number of fused-ring (bicyclic) bond motifs is 2. The van der Waals surface area contributed by atoms with Crippen LogP contribution < -0.4 is 11.3 Å². The maximum Gasteiger partial charge on any atom is 0.0556 e. The molecule has 2 saturated carbocycles. The molecule has 2 aliphatic carbocycles. The lowest BCUT2D eigenvalue weighted by molar-refractivity contribution is 0.281.